The van der Waals surface area contributed by atoms with Crippen molar-refractivity contribution in [3.05, 3.63) is 74.7 Å². The van der Waals surface area contributed by atoms with Gasteiger partial charge in [0, 0.05) is 0 Å². The number of rotatable bonds is 3. The van der Waals surface area contributed by atoms with Crippen LogP contribution in [0.2, 0.25) is 5.02 Å². The van der Waals surface area contributed by atoms with Crippen molar-refractivity contribution in [2.45, 2.75) is 6.10 Å². The molecular weight excluding hydrogens is 417 g/mol. The molecule has 1 N–H and O–H groups in total. The number of hydrogen-bond donors (Lipinski definition) is 1. The summed E-state index contributed by atoms with van der Waals surface area (Å²) in [5, 5.41) is 3.90. The maximum atomic E-state index is 13.2. The molecule has 0 bridgehead atoms. The van der Waals surface area contributed by atoms with E-state index in [9.17, 15) is 9.59 Å². The molecular formula is C20H16ClNO3Se. The van der Waals surface area contributed by atoms with Gasteiger partial charge in [-0.15, -0.1) is 0 Å². The third kappa shape index (κ3) is 3.29. The van der Waals surface area contributed by atoms with Crippen LogP contribution in [0.15, 0.2) is 58.6 Å². The molecule has 0 aromatic heterocycles. The summed E-state index contributed by atoms with van der Waals surface area (Å²) in [7, 11) is 0. The van der Waals surface area contributed by atoms with Gasteiger partial charge in [-0.05, 0) is 0 Å². The van der Waals surface area contributed by atoms with Gasteiger partial charge in [0.2, 0.25) is 0 Å². The van der Waals surface area contributed by atoms with Crippen molar-refractivity contribution >= 4 is 42.6 Å². The normalized spacial score (nSPS) is 20.3. The molecule has 1 aliphatic carbocycles. The summed E-state index contributed by atoms with van der Waals surface area (Å²) >= 11 is 5.66. The van der Waals surface area contributed by atoms with Crippen LogP contribution in [-0.4, -0.2) is 52.3 Å². The number of benzene rings is 2. The molecule has 0 saturated carbocycles. The van der Waals surface area contributed by atoms with Crippen molar-refractivity contribution in [2.24, 2.45) is 0 Å². The van der Waals surface area contributed by atoms with E-state index in [1.165, 1.54) is 0 Å². The number of Topliss-reactive ketones (excluding diaryl/α,β-unsaturated/α-hetero) is 2. The predicted molar refractivity (Wildman–Crippen MR) is 102 cm³/mol. The summed E-state index contributed by atoms with van der Waals surface area (Å²) in [4.78, 5) is 26.4. The first-order chi connectivity index (χ1) is 12.6. The molecule has 1 unspecified atom stereocenters. The standard InChI is InChI=1S/C20H16ClNO3Se/c21-12-5-7-13(8-6-12)26-20-17(16-11-22-9-10-25-16)18(23)14-3-1-2-4-15(14)19(20)24/h1-8,16,22H,9-11H2. The molecule has 1 fully saturated rings. The molecule has 1 heterocycles. The minimum absolute atomic E-state index is 0.0701. The van der Waals surface area contributed by atoms with E-state index in [-0.39, 0.29) is 26.5 Å². The number of allylic oxidation sites excluding steroid dienone is 1. The van der Waals surface area contributed by atoms with Crippen molar-refractivity contribution in [1.82, 2.24) is 5.32 Å². The molecule has 132 valence electrons. The van der Waals surface area contributed by atoms with Crippen molar-refractivity contribution in [2.75, 3.05) is 19.7 Å². The Morgan fingerprint density at radius 3 is 2.35 bits per heavy atom. The molecule has 1 saturated heterocycles. The fraction of sp³-hybridized carbons (Fsp3) is 0.200. The first-order valence-corrected chi connectivity index (χ1v) is 10.4. The van der Waals surface area contributed by atoms with Crippen molar-refractivity contribution in [3.8, 4) is 0 Å². The topological polar surface area (TPSA) is 55.4 Å². The maximum absolute atomic E-state index is 13.2. The monoisotopic (exact) mass is 433 g/mol. The van der Waals surface area contributed by atoms with Crippen LogP contribution in [0.5, 0.6) is 0 Å². The molecule has 0 spiro atoms. The summed E-state index contributed by atoms with van der Waals surface area (Å²) < 4.78 is 7.41. The summed E-state index contributed by atoms with van der Waals surface area (Å²) in [5.74, 6) is -0.168. The van der Waals surface area contributed by atoms with Gasteiger partial charge in [-0.1, -0.05) is 0 Å². The zero-order chi connectivity index (χ0) is 18.1. The van der Waals surface area contributed by atoms with Gasteiger partial charge in [0.15, 0.2) is 0 Å². The molecule has 1 aliphatic heterocycles. The van der Waals surface area contributed by atoms with Crippen molar-refractivity contribution in [3.63, 3.8) is 0 Å². The fourth-order valence-corrected chi connectivity index (χ4v) is 5.45. The average molecular weight is 433 g/mol. The van der Waals surface area contributed by atoms with Crippen LogP contribution in [0.4, 0.5) is 0 Å². The van der Waals surface area contributed by atoms with Crippen LogP contribution in [0.25, 0.3) is 0 Å². The molecule has 2 aromatic carbocycles. The van der Waals surface area contributed by atoms with Gasteiger partial charge >= 0.3 is 163 Å². The van der Waals surface area contributed by atoms with E-state index in [1.807, 2.05) is 12.1 Å². The molecule has 1 atom stereocenters. The summed E-state index contributed by atoms with van der Waals surface area (Å²) in [6.07, 6.45) is -0.391. The Balaban J connectivity index is 1.81. The molecule has 26 heavy (non-hydrogen) atoms. The second-order valence-electron chi connectivity index (χ2n) is 6.07. The van der Waals surface area contributed by atoms with Crippen LogP contribution in [0.3, 0.4) is 0 Å². The number of nitrogens with one attached hydrogen (secondary N) is 1. The number of carbonyl (C=O) groups excluding carboxylic acids is 2. The number of fused-ring (bicyclic) bond motifs is 1. The summed E-state index contributed by atoms with van der Waals surface area (Å²) in [6.45, 7) is 1.81. The van der Waals surface area contributed by atoms with Gasteiger partial charge in [0.25, 0.3) is 0 Å². The Hall–Kier alpha value is -1.75. The van der Waals surface area contributed by atoms with E-state index in [0.717, 1.165) is 11.0 Å². The zero-order valence-corrected chi connectivity index (χ0v) is 16.3. The third-order valence-corrected chi connectivity index (χ3v) is 6.99. The number of carbonyl (C=O) groups is 2. The average Bonchev–Trinajstić information content (AvgIpc) is 2.68. The van der Waals surface area contributed by atoms with E-state index in [0.29, 0.717) is 39.3 Å². The van der Waals surface area contributed by atoms with E-state index in [2.05, 4.69) is 5.32 Å². The van der Waals surface area contributed by atoms with Crippen LogP contribution in [0, 0.1) is 0 Å². The Labute approximate surface area is 162 Å². The SMILES string of the molecule is O=C1C([Se]c2ccc(Cl)cc2)=C(C2CNCCO2)C(=O)c2ccccc21. The molecule has 4 nitrogen and oxygen atoms in total. The molecule has 2 aromatic rings. The quantitative estimate of drug-likeness (QED) is 0.754. The van der Waals surface area contributed by atoms with E-state index >= 15 is 0 Å². The number of halogens is 1. The van der Waals surface area contributed by atoms with Crippen LogP contribution >= 0.6 is 11.6 Å². The van der Waals surface area contributed by atoms with E-state index in [4.69, 9.17) is 16.3 Å². The second kappa shape index (κ2) is 7.47. The Morgan fingerprint density at radius 2 is 1.69 bits per heavy atom. The van der Waals surface area contributed by atoms with Gasteiger partial charge < -0.3 is 0 Å². The minimum atomic E-state index is -0.391. The molecule has 2 aliphatic rings. The van der Waals surface area contributed by atoms with E-state index < -0.39 is 6.10 Å². The number of hydrogen-bond acceptors (Lipinski definition) is 4. The number of ketones is 2. The molecule has 6 heteroatoms. The predicted octanol–water partition coefficient (Wildman–Crippen LogP) is 1.99. The van der Waals surface area contributed by atoms with Gasteiger partial charge in [-0.3, -0.25) is 0 Å². The fourth-order valence-electron chi connectivity index (χ4n) is 3.14. The van der Waals surface area contributed by atoms with Crippen molar-refractivity contribution in [1.29, 1.82) is 0 Å². The first-order valence-electron chi connectivity index (χ1n) is 8.33. The third-order valence-electron chi connectivity index (χ3n) is 4.39. The molecule has 0 radical (unpaired) electrons. The number of morpholine rings is 1. The second-order valence-corrected chi connectivity index (χ2v) is 8.78. The molecule has 4 rings (SSSR count). The zero-order valence-electron chi connectivity index (χ0n) is 13.8. The first kappa shape index (κ1) is 17.7. The Morgan fingerprint density at radius 1 is 1.00 bits per heavy atom. The van der Waals surface area contributed by atoms with Gasteiger partial charge in [0.1, 0.15) is 0 Å². The Kier molecular flexibility index (Phi) is 5.07. The van der Waals surface area contributed by atoms with Gasteiger partial charge in [-0.2, -0.15) is 0 Å². The van der Waals surface area contributed by atoms with Gasteiger partial charge in [0.05, 0.1) is 0 Å². The van der Waals surface area contributed by atoms with Crippen LogP contribution < -0.4 is 9.78 Å². The Bertz CT molecular complexity index is 902. The summed E-state index contributed by atoms with van der Waals surface area (Å²) in [5.41, 5.74) is 1.46. The van der Waals surface area contributed by atoms with Crippen molar-refractivity contribution < 1.29 is 14.3 Å². The van der Waals surface area contributed by atoms with Crippen LogP contribution in [-0.2, 0) is 4.74 Å². The van der Waals surface area contributed by atoms with E-state index in [1.54, 1.807) is 36.4 Å². The summed E-state index contributed by atoms with van der Waals surface area (Å²) in [6, 6.07) is 14.5. The van der Waals surface area contributed by atoms with Gasteiger partial charge in [-0.25, -0.2) is 0 Å². The molecule has 0 amide bonds. The number of ether oxygens (including phenoxy) is 1. The van der Waals surface area contributed by atoms with Crippen LogP contribution in [0.1, 0.15) is 20.7 Å².